The molecule has 2 nitrogen and oxygen atoms in total. The fourth-order valence-corrected chi connectivity index (χ4v) is 2.53. The van der Waals surface area contributed by atoms with Crippen molar-refractivity contribution in [3.63, 3.8) is 0 Å². The summed E-state index contributed by atoms with van der Waals surface area (Å²) < 4.78 is 12.0. The first kappa shape index (κ1) is 9.47. The highest BCUT2D eigenvalue weighted by Crippen LogP contribution is 2.48. The Hall–Kier alpha value is -0.0800. The molecule has 2 heteroatoms. The molecule has 2 fully saturated rings. The van der Waals surface area contributed by atoms with Crippen molar-refractivity contribution in [2.75, 3.05) is 0 Å². The molecule has 76 valence electrons. The van der Waals surface area contributed by atoms with Crippen molar-refractivity contribution >= 4 is 0 Å². The van der Waals surface area contributed by atoms with E-state index in [-0.39, 0.29) is 11.4 Å². The van der Waals surface area contributed by atoms with Gasteiger partial charge in [0.15, 0.2) is 5.79 Å². The average molecular weight is 184 g/mol. The summed E-state index contributed by atoms with van der Waals surface area (Å²) in [4.78, 5) is 0. The van der Waals surface area contributed by atoms with Gasteiger partial charge in [0.1, 0.15) is 0 Å². The Balaban J connectivity index is 2.25. The van der Waals surface area contributed by atoms with E-state index in [4.69, 9.17) is 9.47 Å². The standard InChI is InChI=1S/C11H20O2/c1-8(2)11(4)9-6-5-7-10(3,12-9)13-11/h8-9H,5-7H2,1-4H3/t9-,10-,11+/m1/s1. The second-order valence-electron chi connectivity index (χ2n) is 5.07. The molecule has 0 aromatic carbocycles. The first-order chi connectivity index (χ1) is 5.96. The van der Waals surface area contributed by atoms with Crippen LogP contribution in [0.1, 0.15) is 47.0 Å². The van der Waals surface area contributed by atoms with Crippen LogP contribution in [0, 0.1) is 5.92 Å². The summed E-state index contributed by atoms with van der Waals surface area (Å²) in [5, 5.41) is 0. The number of hydrogen-bond donors (Lipinski definition) is 0. The van der Waals surface area contributed by atoms with Crippen LogP contribution in [0.3, 0.4) is 0 Å². The van der Waals surface area contributed by atoms with Gasteiger partial charge in [-0.1, -0.05) is 13.8 Å². The lowest BCUT2D eigenvalue weighted by Gasteiger charge is -2.31. The minimum Gasteiger partial charge on any atom is -0.344 e. The Kier molecular flexibility index (Phi) is 1.97. The summed E-state index contributed by atoms with van der Waals surface area (Å²) >= 11 is 0. The van der Waals surface area contributed by atoms with Gasteiger partial charge in [0.05, 0.1) is 11.7 Å². The number of ether oxygens (including phenoxy) is 2. The van der Waals surface area contributed by atoms with E-state index in [1.807, 2.05) is 0 Å². The maximum atomic E-state index is 6.10. The van der Waals surface area contributed by atoms with E-state index >= 15 is 0 Å². The van der Waals surface area contributed by atoms with Crippen molar-refractivity contribution in [2.45, 2.75) is 64.4 Å². The maximum absolute atomic E-state index is 6.10. The summed E-state index contributed by atoms with van der Waals surface area (Å²) in [6, 6.07) is 0. The molecule has 0 aromatic rings. The molecule has 0 aliphatic carbocycles. The van der Waals surface area contributed by atoms with E-state index in [0.29, 0.717) is 12.0 Å². The highest BCUT2D eigenvalue weighted by atomic mass is 16.8. The van der Waals surface area contributed by atoms with E-state index in [1.54, 1.807) is 0 Å². The van der Waals surface area contributed by atoms with Crippen LogP contribution in [-0.4, -0.2) is 17.5 Å². The van der Waals surface area contributed by atoms with E-state index < -0.39 is 0 Å². The van der Waals surface area contributed by atoms with Crippen molar-refractivity contribution in [1.29, 1.82) is 0 Å². The third kappa shape index (κ3) is 1.31. The molecule has 0 spiro atoms. The Morgan fingerprint density at radius 1 is 1.31 bits per heavy atom. The summed E-state index contributed by atoms with van der Waals surface area (Å²) in [5.41, 5.74) is -0.0642. The molecule has 2 saturated heterocycles. The second kappa shape index (κ2) is 2.71. The molecule has 2 aliphatic heterocycles. The first-order valence-electron chi connectivity index (χ1n) is 5.34. The van der Waals surface area contributed by atoms with Gasteiger partial charge in [-0.3, -0.25) is 0 Å². The quantitative estimate of drug-likeness (QED) is 0.624. The van der Waals surface area contributed by atoms with Crippen molar-refractivity contribution < 1.29 is 9.47 Å². The fraction of sp³-hybridized carbons (Fsp3) is 1.00. The van der Waals surface area contributed by atoms with E-state index in [2.05, 4.69) is 27.7 Å². The highest BCUT2D eigenvalue weighted by molar-refractivity contribution is 4.98. The van der Waals surface area contributed by atoms with Gasteiger partial charge in [-0.05, 0) is 32.6 Å². The lowest BCUT2D eigenvalue weighted by atomic mass is 9.85. The molecule has 2 aliphatic rings. The van der Waals surface area contributed by atoms with Gasteiger partial charge in [-0.2, -0.15) is 0 Å². The monoisotopic (exact) mass is 184 g/mol. The third-order valence-corrected chi connectivity index (χ3v) is 3.71. The average Bonchev–Trinajstić information content (AvgIpc) is 2.19. The van der Waals surface area contributed by atoms with Crippen molar-refractivity contribution in [3.05, 3.63) is 0 Å². The van der Waals surface area contributed by atoms with Crippen LogP contribution in [0.5, 0.6) is 0 Å². The van der Waals surface area contributed by atoms with Crippen LogP contribution in [0.4, 0.5) is 0 Å². The van der Waals surface area contributed by atoms with Gasteiger partial charge in [-0.25, -0.2) is 0 Å². The van der Waals surface area contributed by atoms with Gasteiger partial charge in [0.2, 0.25) is 0 Å². The zero-order valence-electron chi connectivity index (χ0n) is 9.09. The number of hydrogen-bond acceptors (Lipinski definition) is 2. The molecule has 0 aromatic heterocycles. The predicted molar refractivity (Wildman–Crippen MR) is 51.5 cm³/mol. The molecule has 0 radical (unpaired) electrons. The summed E-state index contributed by atoms with van der Waals surface area (Å²) in [5.74, 6) is 0.236. The van der Waals surface area contributed by atoms with Crippen LogP contribution in [0.2, 0.25) is 0 Å². The first-order valence-corrected chi connectivity index (χ1v) is 5.34. The third-order valence-electron chi connectivity index (χ3n) is 3.71. The summed E-state index contributed by atoms with van der Waals surface area (Å²) in [6.07, 6.45) is 3.76. The Morgan fingerprint density at radius 3 is 2.54 bits per heavy atom. The molecule has 2 rings (SSSR count). The van der Waals surface area contributed by atoms with Crippen LogP contribution in [0.25, 0.3) is 0 Å². The van der Waals surface area contributed by atoms with Gasteiger partial charge in [-0.15, -0.1) is 0 Å². The SMILES string of the molecule is CC(C)[C@]1(C)O[C@]2(C)CCC[C@H]1O2. The molecular formula is C11H20O2. The molecule has 0 unspecified atom stereocenters. The Bertz CT molecular complexity index is 214. The molecular weight excluding hydrogens is 164 g/mol. The number of fused-ring (bicyclic) bond motifs is 2. The fourth-order valence-electron chi connectivity index (χ4n) is 2.53. The predicted octanol–water partition coefficient (Wildman–Crippen LogP) is 2.72. The van der Waals surface area contributed by atoms with Crippen LogP contribution in [0.15, 0.2) is 0 Å². The minimum absolute atomic E-state index is 0.0642. The second-order valence-corrected chi connectivity index (χ2v) is 5.07. The van der Waals surface area contributed by atoms with Gasteiger partial charge < -0.3 is 9.47 Å². The highest BCUT2D eigenvalue weighted by Gasteiger charge is 2.55. The molecule has 2 bridgehead atoms. The molecule has 0 N–H and O–H groups in total. The van der Waals surface area contributed by atoms with E-state index in [9.17, 15) is 0 Å². The van der Waals surface area contributed by atoms with Crippen LogP contribution in [-0.2, 0) is 9.47 Å². The van der Waals surface area contributed by atoms with Crippen molar-refractivity contribution in [1.82, 2.24) is 0 Å². The zero-order chi connectivity index (χ0) is 9.69. The molecule has 2 heterocycles. The normalized spacial score (nSPS) is 50.1. The summed E-state index contributed by atoms with van der Waals surface area (Å²) in [7, 11) is 0. The molecule has 13 heavy (non-hydrogen) atoms. The molecule has 0 amide bonds. The van der Waals surface area contributed by atoms with Crippen LogP contribution >= 0.6 is 0 Å². The van der Waals surface area contributed by atoms with E-state index in [1.165, 1.54) is 6.42 Å². The smallest absolute Gasteiger partial charge is 0.166 e. The molecule has 0 saturated carbocycles. The maximum Gasteiger partial charge on any atom is 0.166 e. The van der Waals surface area contributed by atoms with Crippen molar-refractivity contribution in [2.24, 2.45) is 5.92 Å². The Morgan fingerprint density at radius 2 is 2.00 bits per heavy atom. The van der Waals surface area contributed by atoms with Gasteiger partial charge in [0.25, 0.3) is 0 Å². The number of rotatable bonds is 1. The largest absolute Gasteiger partial charge is 0.344 e. The van der Waals surface area contributed by atoms with Crippen LogP contribution < -0.4 is 0 Å². The summed E-state index contributed by atoms with van der Waals surface area (Å²) in [6.45, 7) is 8.70. The van der Waals surface area contributed by atoms with Crippen molar-refractivity contribution in [3.8, 4) is 0 Å². The Labute approximate surface area is 80.6 Å². The minimum atomic E-state index is -0.290. The zero-order valence-corrected chi connectivity index (χ0v) is 9.09. The molecule has 3 atom stereocenters. The lowest BCUT2D eigenvalue weighted by molar-refractivity contribution is -0.192. The van der Waals surface area contributed by atoms with Gasteiger partial charge >= 0.3 is 0 Å². The van der Waals surface area contributed by atoms with Gasteiger partial charge in [0, 0.05) is 6.42 Å². The topological polar surface area (TPSA) is 18.5 Å². The lowest BCUT2D eigenvalue weighted by Crippen LogP contribution is -2.41. The van der Waals surface area contributed by atoms with E-state index in [0.717, 1.165) is 12.8 Å².